The average molecular weight is 389 g/mol. The lowest BCUT2D eigenvalue weighted by molar-refractivity contribution is -0.00676. The molecule has 0 aromatic carbocycles. The Morgan fingerprint density at radius 2 is 2.15 bits per heavy atom. The highest BCUT2D eigenvalue weighted by Crippen LogP contribution is 2.41. The quantitative estimate of drug-likeness (QED) is 0.768. The largest absolute Gasteiger partial charge is 0.437 e. The number of rotatable bonds is 2. The van der Waals surface area contributed by atoms with E-state index < -0.39 is 11.4 Å². The molecule has 3 saturated heterocycles. The number of thiazole rings is 1. The molecule has 3 aliphatic heterocycles. The molecule has 5 heterocycles. The lowest BCUT2D eigenvalue weighted by Gasteiger charge is -2.51. The summed E-state index contributed by atoms with van der Waals surface area (Å²) in [5.41, 5.74) is 1.39. The average Bonchev–Trinajstić information content (AvgIpc) is 3.27. The summed E-state index contributed by atoms with van der Waals surface area (Å²) >= 11 is 1.38. The van der Waals surface area contributed by atoms with Crippen molar-refractivity contribution >= 4 is 29.2 Å². The Balaban J connectivity index is 1.33. The Morgan fingerprint density at radius 1 is 1.30 bits per heavy atom. The van der Waals surface area contributed by atoms with Crippen LogP contribution in [0.5, 0.6) is 0 Å². The summed E-state index contributed by atoms with van der Waals surface area (Å²) in [6.45, 7) is 2.25. The smallest absolute Gasteiger partial charge is 0.411 e. The van der Waals surface area contributed by atoms with Crippen molar-refractivity contribution in [3.05, 3.63) is 40.7 Å². The summed E-state index contributed by atoms with van der Waals surface area (Å²) in [4.78, 5) is 38.5. The van der Waals surface area contributed by atoms with Crippen molar-refractivity contribution < 1.29 is 18.7 Å². The molecule has 0 radical (unpaired) electrons. The van der Waals surface area contributed by atoms with Crippen LogP contribution in [0.15, 0.2) is 29.2 Å². The summed E-state index contributed by atoms with van der Waals surface area (Å²) in [6, 6.07) is 2.75. The van der Waals surface area contributed by atoms with Crippen LogP contribution in [0.1, 0.15) is 10.5 Å². The Labute approximate surface area is 158 Å². The number of ether oxygens (including phenoxy) is 1. The highest BCUT2D eigenvalue weighted by atomic mass is 32.1. The van der Waals surface area contributed by atoms with Crippen LogP contribution in [0.25, 0.3) is 0 Å². The first-order valence-electron chi connectivity index (χ1n) is 8.59. The molecule has 1 unspecified atom stereocenters. The third-order valence-electron chi connectivity index (χ3n) is 5.40. The number of fused-ring (bicyclic) bond motifs is 2. The summed E-state index contributed by atoms with van der Waals surface area (Å²) in [7, 11) is 0. The first kappa shape index (κ1) is 16.4. The van der Waals surface area contributed by atoms with Gasteiger partial charge in [-0.15, -0.1) is 11.3 Å². The van der Waals surface area contributed by atoms with Gasteiger partial charge in [-0.3, -0.25) is 9.69 Å². The Bertz CT molecular complexity index is 884. The molecule has 10 heteroatoms. The molecule has 3 aliphatic rings. The van der Waals surface area contributed by atoms with E-state index in [1.54, 1.807) is 26.8 Å². The fourth-order valence-electron chi connectivity index (χ4n) is 4.01. The molecule has 27 heavy (non-hydrogen) atoms. The van der Waals surface area contributed by atoms with E-state index in [2.05, 4.69) is 9.97 Å². The predicted molar refractivity (Wildman–Crippen MR) is 94.1 cm³/mol. The van der Waals surface area contributed by atoms with Gasteiger partial charge in [-0.2, -0.15) is 0 Å². The zero-order chi connectivity index (χ0) is 18.6. The normalized spacial score (nSPS) is 23.2. The molecule has 2 aromatic rings. The van der Waals surface area contributed by atoms with Crippen LogP contribution in [0.2, 0.25) is 0 Å². The minimum absolute atomic E-state index is 0.123. The molecule has 0 saturated carbocycles. The molecule has 0 aliphatic carbocycles. The van der Waals surface area contributed by atoms with Gasteiger partial charge in [-0.1, -0.05) is 0 Å². The molecule has 1 atom stereocenters. The molecule has 1 spiro atoms. The van der Waals surface area contributed by atoms with Gasteiger partial charge in [0, 0.05) is 25.0 Å². The summed E-state index contributed by atoms with van der Waals surface area (Å²) in [6.07, 6.45) is 0.828. The monoisotopic (exact) mass is 389 g/mol. The van der Waals surface area contributed by atoms with E-state index in [4.69, 9.17) is 4.74 Å². The molecular formula is C17H16FN5O3S. The second-order valence-electron chi connectivity index (χ2n) is 6.96. The predicted octanol–water partition coefficient (Wildman–Crippen LogP) is 1.21. The number of piperazine rings is 1. The highest BCUT2D eigenvalue weighted by Gasteiger charge is 2.62. The van der Waals surface area contributed by atoms with Crippen molar-refractivity contribution in [2.45, 2.75) is 11.6 Å². The van der Waals surface area contributed by atoms with E-state index >= 15 is 0 Å². The minimum atomic E-state index is -0.672. The number of hydrogen-bond acceptors (Lipinski definition) is 7. The van der Waals surface area contributed by atoms with Crippen molar-refractivity contribution in [2.24, 2.45) is 0 Å². The number of amides is 2. The molecule has 2 aromatic heterocycles. The van der Waals surface area contributed by atoms with Crippen LogP contribution < -0.4 is 4.90 Å². The molecule has 8 nitrogen and oxygen atoms in total. The van der Waals surface area contributed by atoms with Gasteiger partial charge in [-0.05, 0) is 12.1 Å². The molecule has 3 fully saturated rings. The fraction of sp³-hybridized carbons (Fsp3) is 0.412. The summed E-state index contributed by atoms with van der Waals surface area (Å²) in [5, 5.41) is 1.73. The maximum absolute atomic E-state index is 13.1. The maximum Gasteiger partial charge on any atom is 0.411 e. The van der Waals surface area contributed by atoms with Crippen LogP contribution in [-0.2, 0) is 4.74 Å². The number of pyridine rings is 1. The molecule has 0 N–H and O–H groups in total. The van der Waals surface area contributed by atoms with Gasteiger partial charge in [-0.25, -0.2) is 19.2 Å². The SMILES string of the molecule is O=C(c1cscn1)N1CCN2C(=O)OC3(CN(c4ccc(F)cn4)C3)C2C1. The van der Waals surface area contributed by atoms with Gasteiger partial charge < -0.3 is 14.5 Å². The van der Waals surface area contributed by atoms with Crippen LogP contribution in [0.4, 0.5) is 15.0 Å². The van der Waals surface area contributed by atoms with Crippen molar-refractivity contribution in [2.75, 3.05) is 37.6 Å². The van der Waals surface area contributed by atoms with Crippen LogP contribution in [0.3, 0.4) is 0 Å². The lowest BCUT2D eigenvalue weighted by atomic mass is 9.84. The number of hydrogen-bond donors (Lipinski definition) is 0. The van der Waals surface area contributed by atoms with Gasteiger partial charge in [0.05, 0.1) is 30.8 Å². The van der Waals surface area contributed by atoms with E-state index in [1.807, 2.05) is 4.90 Å². The second kappa shape index (κ2) is 5.88. The number of aromatic nitrogens is 2. The number of carbonyl (C=O) groups is 2. The van der Waals surface area contributed by atoms with Crippen molar-refractivity contribution in [1.29, 1.82) is 0 Å². The zero-order valence-corrected chi connectivity index (χ0v) is 15.1. The second-order valence-corrected chi connectivity index (χ2v) is 7.68. The minimum Gasteiger partial charge on any atom is -0.437 e. The Hall–Kier alpha value is -2.75. The zero-order valence-electron chi connectivity index (χ0n) is 14.2. The summed E-state index contributed by atoms with van der Waals surface area (Å²) < 4.78 is 18.8. The van der Waals surface area contributed by atoms with E-state index in [-0.39, 0.29) is 18.0 Å². The maximum atomic E-state index is 13.1. The lowest BCUT2D eigenvalue weighted by Crippen LogP contribution is -2.71. The van der Waals surface area contributed by atoms with E-state index in [9.17, 15) is 14.0 Å². The van der Waals surface area contributed by atoms with Gasteiger partial charge in [0.1, 0.15) is 17.3 Å². The van der Waals surface area contributed by atoms with Crippen molar-refractivity contribution in [1.82, 2.24) is 19.8 Å². The Morgan fingerprint density at radius 3 is 2.85 bits per heavy atom. The molecule has 0 bridgehead atoms. The molecular weight excluding hydrogens is 373 g/mol. The van der Waals surface area contributed by atoms with Crippen LogP contribution in [-0.4, -0.2) is 76.1 Å². The van der Waals surface area contributed by atoms with E-state index in [0.29, 0.717) is 44.2 Å². The van der Waals surface area contributed by atoms with Crippen LogP contribution in [0, 0.1) is 5.82 Å². The first-order valence-corrected chi connectivity index (χ1v) is 9.54. The van der Waals surface area contributed by atoms with Gasteiger partial charge >= 0.3 is 6.09 Å². The van der Waals surface area contributed by atoms with Gasteiger partial charge in [0.15, 0.2) is 5.60 Å². The molecule has 5 rings (SSSR count). The molecule has 2 amide bonds. The number of halogens is 1. The number of carbonyl (C=O) groups excluding carboxylic acids is 2. The van der Waals surface area contributed by atoms with Crippen molar-refractivity contribution in [3.63, 3.8) is 0 Å². The van der Waals surface area contributed by atoms with Gasteiger partial charge in [0.2, 0.25) is 0 Å². The molecule has 140 valence electrons. The van der Waals surface area contributed by atoms with E-state index in [0.717, 1.165) is 0 Å². The third kappa shape index (κ3) is 2.54. The van der Waals surface area contributed by atoms with Crippen molar-refractivity contribution in [3.8, 4) is 0 Å². The van der Waals surface area contributed by atoms with Crippen LogP contribution >= 0.6 is 11.3 Å². The highest BCUT2D eigenvalue weighted by molar-refractivity contribution is 7.07. The summed E-state index contributed by atoms with van der Waals surface area (Å²) in [5.74, 6) is 0.125. The number of anilines is 1. The topological polar surface area (TPSA) is 78.9 Å². The fourth-order valence-corrected chi connectivity index (χ4v) is 4.53. The first-order chi connectivity index (χ1) is 13.1. The van der Waals surface area contributed by atoms with Gasteiger partial charge in [0.25, 0.3) is 5.91 Å². The standard InChI is InChI=1S/C17H16FN5O3S/c18-11-1-2-14(19-5-11)22-8-17(9-22)13-6-21(3-4-23(13)16(25)26-17)15(24)12-7-27-10-20-12/h1-2,5,7,10,13H,3-4,6,8-9H2. The number of nitrogens with zero attached hydrogens (tertiary/aromatic N) is 5. The van der Waals surface area contributed by atoms with E-state index in [1.165, 1.54) is 23.6 Å². The third-order valence-corrected chi connectivity index (χ3v) is 5.99. The Kier molecular flexibility index (Phi) is 3.58.